The van der Waals surface area contributed by atoms with Crippen molar-refractivity contribution in [2.24, 2.45) is 0 Å². The van der Waals surface area contributed by atoms with E-state index in [1.165, 1.54) is 12.1 Å². The molecule has 1 aromatic heterocycles. The average molecular weight is 326 g/mol. The van der Waals surface area contributed by atoms with Crippen molar-refractivity contribution in [1.82, 2.24) is 9.88 Å². The van der Waals surface area contributed by atoms with Crippen LogP contribution in [0.3, 0.4) is 0 Å². The number of aromatic nitrogens is 1. The highest BCUT2D eigenvalue weighted by Crippen LogP contribution is 2.18. The highest BCUT2D eigenvalue weighted by molar-refractivity contribution is 5.96. The zero-order chi connectivity index (χ0) is 17.4. The van der Waals surface area contributed by atoms with Gasteiger partial charge in [0.05, 0.1) is 6.54 Å². The average Bonchev–Trinajstić information content (AvgIpc) is 2.58. The maximum absolute atomic E-state index is 12.7. The first-order valence-corrected chi connectivity index (χ1v) is 7.90. The van der Waals surface area contributed by atoms with Gasteiger partial charge < -0.3 is 14.6 Å². The van der Waals surface area contributed by atoms with E-state index in [0.717, 1.165) is 12.8 Å². The molecule has 5 heteroatoms. The minimum atomic E-state index is -0.144. The van der Waals surface area contributed by atoms with E-state index in [0.29, 0.717) is 24.5 Å². The molecule has 0 radical (unpaired) electrons. The maximum Gasteiger partial charge on any atom is 0.253 e. The van der Waals surface area contributed by atoms with Gasteiger partial charge in [-0.25, -0.2) is 0 Å². The van der Waals surface area contributed by atoms with Crippen LogP contribution in [0.5, 0.6) is 5.88 Å². The number of rotatable bonds is 6. The van der Waals surface area contributed by atoms with Crippen molar-refractivity contribution in [3.63, 3.8) is 0 Å². The Morgan fingerprint density at radius 1 is 1.38 bits per heavy atom. The third-order valence-electron chi connectivity index (χ3n) is 3.66. The number of aromatic amines is 1. The lowest BCUT2D eigenvalue weighted by molar-refractivity contribution is -0.129. The van der Waals surface area contributed by atoms with Crippen molar-refractivity contribution in [2.45, 2.75) is 18.9 Å². The van der Waals surface area contributed by atoms with Crippen molar-refractivity contribution in [3.8, 4) is 5.88 Å². The number of hydrogen-bond acceptors (Lipinski definition) is 3. The number of pyridine rings is 1. The SMILES string of the molecule is C=C/C=C\C(=C/C=C)C(=O)N1CCC[C@@H](Oc2cc(=O)cc[nH]2)C1. The third kappa shape index (κ3) is 4.84. The Morgan fingerprint density at radius 3 is 2.92 bits per heavy atom. The van der Waals surface area contributed by atoms with Gasteiger partial charge in [0.15, 0.2) is 11.3 Å². The fourth-order valence-electron chi connectivity index (χ4n) is 2.57. The number of hydrogen-bond donors (Lipinski definition) is 1. The summed E-state index contributed by atoms with van der Waals surface area (Å²) >= 11 is 0. The first-order chi connectivity index (χ1) is 11.6. The van der Waals surface area contributed by atoms with Crippen LogP contribution in [0.1, 0.15) is 12.8 Å². The van der Waals surface area contributed by atoms with Gasteiger partial charge in [-0.2, -0.15) is 0 Å². The summed E-state index contributed by atoms with van der Waals surface area (Å²) in [5.41, 5.74) is 0.442. The lowest BCUT2D eigenvalue weighted by Gasteiger charge is -2.33. The smallest absolute Gasteiger partial charge is 0.253 e. The van der Waals surface area contributed by atoms with E-state index in [-0.39, 0.29) is 17.4 Å². The molecule has 0 unspecified atom stereocenters. The van der Waals surface area contributed by atoms with Crippen LogP contribution < -0.4 is 10.2 Å². The Kier molecular flexibility index (Phi) is 6.37. The van der Waals surface area contributed by atoms with Crippen LogP contribution in [0.15, 0.2) is 72.2 Å². The molecule has 1 aliphatic rings. The Morgan fingerprint density at radius 2 is 2.21 bits per heavy atom. The molecule has 1 atom stereocenters. The molecule has 2 heterocycles. The normalized spacial score (nSPS) is 18.4. The molecule has 126 valence electrons. The van der Waals surface area contributed by atoms with Gasteiger partial charge >= 0.3 is 0 Å². The van der Waals surface area contributed by atoms with Gasteiger partial charge in [0.25, 0.3) is 5.91 Å². The predicted octanol–water partition coefficient (Wildman–Crippen LogP) is 2.60. The number of amides is 1. The van der Waals surface area contributed by atoms with Gasteiger partial charge in [0, 0.05) is 30.4 Å². The highest BCUT2D eigenvalue weighted by Gasteiger charge is 2.26. The molecular formula is C19H22N2O3. The molecule has 1 aromatic rings. The van der Waals surface area contributed by atoms with E-state index in [4.69, 9.17) is 4.74 Å². The van der Waals surface area contributed by atoms with Crippen LogP contribution in [-0.4, -0.2) is 35.0 Å². The van der Waals surface area contributed by atoms with Crippen molar-refractivity contribution >= 4 is 5.91 Å². The zero-order valence-electron chi connectivity index (χ0n) is 13.6. The molecule has 0 spiro atoms. The molecule has 1 N–H and O–H groups in total. The number of ether oxygens (including phenoxy) is 1. The van der Waals surface area contributed by atoms with Gasteiger partial charge in [0.2, 0.25) is 0 Å². The topological polar surface area (TPSA) is 62.4 Å². The van der Waals surface area contributed by atoms with Gasteiger partial charge in [-0.3, -0.25) is 9.59 Å². The zero-order valence-corrected chi connectivity index (χ0v) is 13.6. The molecule has 0 saturated carbocycles. The summed E-state index contributed by atoms with van der Waals surface area (Å²) in [4.78, 5) is 28.7. The number of nitrogens with zero attached hydrogens (tertiary/aromatic N) is 1. The number of carbonyl (C=O) groups is 1. The van der Waals surface area contributed by atoms with Gasteiger partial charge in [0.1, 0.15) is 6.10 Å². The number of nitrogens with one attached hydrogen (secondary N) is 1. The van der Waals surface area contributed by atoms with Crippen LogP contribution in [0, 0.1) is 0 Å². The number of H-pyrrole nitrogens is 1. The fourth-order valence-corrected chi connectivity index (χ4v) is 2.57. The van der Waals surface area contributed by atoms with Gasteiger partial charge in [-0.1, -0.05) is 37.5 Å². The molecule has 1 saturated heterocycles. The highest BCUT2D eigenvalue weighted by atomic mass is 16.5. The standard InChI is InChI=1S/C19H22N2O3/c1-3-5-8-15(7-4-2)19(23)21-12-6-9-17(14-21)24-18-13-16(22)10-11-20-18/h3-5,7-8,10-11,13,17H,1-2,6,9,12,14H2,(H,20,22)/b8-5-,15-7+/t17-/m1/s1. The summed E-state index contributed by atoms with van der Waals surface area (Å²) in [6.45, 7) is 8.43. The van der Waals surface area contributed by atoms with E-state index < -0.39 is 0 Å². The molecule has 0 aromatic carbocycles. The molecule has 5 nitrogen and oxygen atoms in total. The van der Waals surface area contributed by atoms with Crippen molar-refractivity contribution < 1.29 is 9.53 Å². The Labute approximate surface area is 141 Å². The van der Waals surface area contributed by atoms with Gasteiger partial charge in [-0.05, 0) is 18.9 Å². The van der Waals surface area contributed by atoms with E-state index in [1.807, 2.05) is 0 Å². The lowest BCUT2D eigenvalue weighted by Crippen LogP contribution is -2.44. The van der Waals surface area contributed by atoms with Crippen LogP contribution in [0.2, 0.25) is 0 Å². The molecule has 24 heavy (non-hydrogen) atoms. The molecule has 1 aliphatic heterocycles. The summed E-state index contributed by atoms with van der Waals surface area (Å²) in [6, 6.07) is 2.85. The lowest BCUT2D eigenvalue weighted by atomic mass is 10.1. The molecule has 0 aliphatic carbocycles. The molecule has 2 rings (SSSR count). The first-order valence-electron chi connectivity index (χ1n) is 7.90. The Hall–Kier alpha value is -2.82. The van der Waals surface area contributed by atoms with Crippen LogP contribution in [0.25, 0.3) is 0 Å². The van der Waals surface area contributed by atoms with Crippen LogP contribution in [0.4, 0.5) is 0 Å². The second-order valence-electron chi connectivity index (χ2n) is 5.47. The number of carbonyl (C=O) groups excluding carboxylic acids is 1. The summed E-state index contributed by atoms with van der Waals surface area (Å²) in [5, 5.41) is 0. The van der Waals surface area contributed by atoms with E-state index >= 15 is 0 Å². The molecule has 1 fully saturated rings. The summed E-state index contributed by atoms with van der Waals surface area (Å²) in [6.07, 6.45) is 11.4. The minimum absolute atomic E-state index is 0.0668. The number of allylic oxidation sites excluding steroid dienone is 4. The van der Waals surface area contributed by atoms with Crippen LogP contribution in [-0.2, 0) is 4.79 Å². The quantitative estimate of drug-likeness (QED) is 0.645. The van der Waals surface area contributed by atoms with Gasteiger partial charge in [-0.15, -0.1) is 0 Å². The molecular weight excluding hydrogens is 304 g/mol. The Balaban J connectivity index is 2.06. The third-order valence-corrected chi connectivity index (χ3v) is 3.66. The summed E-state index contributed by atoms with van der Waals surface area (Å²) in [5.74, 6) is 0.359. The van der Waals surface area contributed by atoms with Crippen molar-refractivity contribution in [3.05, 3.63) is 77.7 Å². The monoisotopic (exact) mass is 326 g/mol. The largest absolute Gasteiger partial charge is 0.474 e. The van der Waals surface area contributed by atoms with E-state index in [1.54, 1.807) is 41.5 Å². The summed E-state index contributed by atoms with van der Waals surface area (Å²) < 4.78 is 5.81. The maximum atomic E-state index is 12.7. The Bertz CT molecular complexity index is 715. The van der Waals surface area contributed by atoms with Crippen molar-refractivity contribution in [2.75, 3.05) is 13.1 Å². The van der Waals surface area contributed by atoms with E-state index in [2.05, 4.69) is 18.1 Å². The minimum Gasteiger partial charge on any atom is -0.474 e. The van der Waals surface area contributed by atoms with Crippen LogP contribution >= 0.6 is 0 Å². The predicted molar refractivity (Wildman–Crippen MR) is 94.9 cm³/mol. The fraction of sp³-hybridized carbons (Fsp3) is 0.263. The number of likely N-dealkylation sites (tertiary alicyclic amines) is 1. The van der Waals surface area contributed by atoms with Crippen molar-refractivity contribution in [1.29, 1.82) is 0 Å². The molecule has 1 amide bonds. The summed E-state index contributed by atoms with van der Waals surface area (Å²) in [7, 11) is 0. The first kappa shape index (κ1) is 17.5. The van der Waals surface area contributed by atoms with E-state index in [9.17, 15) is 9.59 Å². The second kappa shape index (κ2) is 8.72. The number of piperidine rings is 1. The molecule has 0 bridgehead atoms. The second-order valence-corrected chi connectivity index (χ2v) is 5.47.